The fourth-order valence-electron chi connectivity index (χ4n) is 2.45. The van der Waals surface area contributed by atoms with Gasteiger partial charge in [-0.15, -0.1) is 0 Å². The Balaban J connectivity index is 1.58. The summed E-state index contributed by atoms with van der Waals surface area (Å²) in [6.07, 6.45) is 2.32. The number of carbonyl (C=O) groups excluding carboxylic acids is 1. The van der Waals surface area contributed by atoms with Crippen molar-refractivity contribution in [2.24, 2.45) is 0 Å². The van der Waals surface area contributed by atoms with Gasteiger partial charge >= 0.3 is 0 Å². The third-order valence-corrected chi connectivity index (χ3v) is 4.06. The van der Waals surface area contributed by atoms with Crippen LogP contribution in [0.5, 0.6) is 5.75 Å². The Bertz CT molecular complexity index is 916. The molecule has 138 valence electrons. The first kappa shape index (κ1) is 18.7. The highest BCUT2D eigenvalue weighted by Crippen LogP contribution is 2.16. The first-order valence-corrected chi connectivity index (χ1v) is 8.78. The summed E-state index contributed by atoms with van der Waals surface area (Å²) in [5, 5.41) is 6.63. The van der Waals surface area contributed by atoms with Gasteiger partial charge in [-0.2, -0.15) is 0 Å². The summed E-state index contributed by atoms with van der Waals surface area (Å²) < 4.78 is 5.10. The molecule has 1 heterocycles. The molecule has 7 heteroatoms. The predicted molar refractivity (Wildman–Crippen MR) is 107 cm³/mol. The van der Waals surface area contributed by atoms with Crippen LogP contribution in [0.25, 0.3) is 0 Å². The van der Waals surface area contributed by atoms with Gasteiger partial charge in [0.25, 0.3) is 5.91 Å². The van der Waals surface area contributed by atoms with Gasteiger partial charge in [-0.25, -0.2) is 9.97 Å². The van der Waals surface area contributed by atoms with Crippen molar-refractivity contribution in [3.05, 3.63) is 77.1 Å². The fourth-order valence-corrected chi connectivity index (χ4v) is 2.66. The molecular formula is C20H19ClN4O2. The predicted octanol–water partition coefficient (Wildman–Crippen LogP) is 4.05. The van der Waals surface area contributed by atoms with Crippen LogP contribution in [0.1, 0.15) is 16.1 Å². The number of hydrogen-bond donors (Lipinski definition) is 2. The number of ether oxygens (including phenoxy) is 1. The van der Waals surface area contributed by atoms with Crippen molar-refractivity contribution in [2.75, 3.05) is 24.3 Å². The van der Waals surface area contributed by atoms with Gasteiger partial charge in [0.2, 0.25) is 5.95 Å². The van der Waals surface area contributed by atoms with Crippen LogP contribution in [0.15, 0.2) is 60.8 Å². The molecule has 0 fully saturated rings. The summed E-state index contributed by atoms with van der Waals surface area (Å²) in [7, 11) is 1.59. The topological polar surface area (TPSA) is 76.1 Å². The third kappa shape index (κ3) is 5.43. The van der Waals surface area contributed by atoms with Crippen molar-refractivity contribution in [3.8, 4) is 5.75 Å². The van der Waals surface area contributed by atoms with Gasteiger partial charge in [0.15, 0.2) is 0 Å². The van der Waals surface area contributed by atoms with Crippen LogP contribution in [0.3, 0.4) is 0 Å². The van der Waals surface area contributed by atoms with Gasteiger partial charge in [-0.05, 0) is 54.4 Å². The van der Waals surface area contributed by atoms with E-state index in [1.807, 2.05) is 24.3 Å². The number of methoxy groups -OCH3 is 1. The molecule has 0 radical (unpaired) electrons. The molecule has 0 spiro atoms. The Kier molecular flexibility index (Phi) is 6.22. The second-order valence-corrected chi connectivity index (χ2v) is 6.19. The molecule has 0 bridgehead atoms. The van der Waals surface area contributed by atoms with Crippen molar-refractivity contribution in [1.82, 2.24) is 9.97 Å². The summed E-state index contributed by atoms with van der Waals surface area (Å²) in [5.41, 5.74) is 2.06. The van der Waals surface area contributed by atoms with Gasteiger partial charge in [-0.1, -0.05) is 23.7 Å². The third-order valence-electron chi connectivity index (χ3n) is 3.82. The van der Waals surface area contributed by atoms with Crippen LogP contribution < -0.4 is 15.4 Å². The molecule has 0 saturated heterocycles. The second-order valence-electron chi connectivity index (χ2n) is 5.75. The maximum absolute atomic E-state index is 12.4. The Labute approximate surface area is 162 Å². The SMILES string of the molecule is COc1ccc(NC(=O)c2ccnc(NCCc3cccc(Cl)c3)n2)cc1. The molecule has 27 heavy (non-hydrogen) atoms. The molecule has 1 amide bonds. The summed E-state index contributed by atoms with van der Waals surface area (Å²) >= 11 is 5.98. The van der Waals surface area contributed by atoms with Crippen LogP contribution in [0.4, 0.5) is 11.6 Å². The largest absolute Gasteiger partial charge is 0.497 e. The highest BCUT2D eigenvalue weighted by atomic mass is 35.5. The first-order chi connectivity index (χ1) is 13.1. The molecular weight excluding hydrogens is 364 g/mol. The number of amides is 1. The minimum Gasteiger partial charge on any atom is -0.497 e. The molecule has 0 aliphatic rings. The number of nitrogens with one attached hydrogen (secondary N) is 2. The van der Waals surface area contributed by atoms with Crippen LogP contribution >= 0.6 is 11.6 Å². The van der Waals surface area contributed by atoms with Crippen LogP contribution in [0, 0.1) is 0 Å². The van der Waals surface area contributed by atoms with E-state index < -0.39 is 0 Å². The Morgan fingerprint density at radius 2 is 1.96 bits per heavy atom. The fraction of sp³-hybridized carbons (Fsp3) is 0.150. The van der Waals surface area contributed by atoms with Gasteiger partial charge in [0.1, 0.15) is 11.4 Å². The Morgan fingerprint density at radius 1 is 1.15 bits per heavy atom. The molecule has 0 atom stereocenters. The lowest BCUT2D eigenvalue weighted by Crippen LogP contribution is -2.16. The summed E-state index contributed by atoms with van der Waals surface area (Å²) in [6.45, 7) is 0.629. The quantitative estimate of drug-likeness (QED) is 0.644. The number of carbonyl (C=O) groups is 1. The van der Waals surface area contributed by atoms with E-state index >= 15 is 0 Å². The van der Waals surface area contributed by atoms with Gasteiger partial charge in [-0.3, -0.25) is 4.79 Å². The number of aromatic nitrogens is 2. The zero-order valence-corrected chi connectivity index (χ0v) is 15.5. The minimum absolute atomic E-state index is 0.283. The summed E-state index contributed by atoms with van der Waals surface area (Å²) in [6, 6.07) is 16.3. The molecule has 2 N–H and O–H groups in total. The van der Waals surface area contributed by atoms with Crippen molar-refractivity contribution in [1.29, 1.82) is 0 Å². The van der Waals surface area contributed by atoms with E-state index in [0.717, 1.165) is 17.7 Å². The number of benzene rings is 2. The number of hydrogen-bond acceptors (Lipinski definition) is 5. The van der Waals surface area contributed by atoms with E-state index in [1.165, 1.54) is 0 Å². The number of nitrogens with zero attached hydrogens (tertiary/aromatic N) is 2. The molecule has 1 aromatic heterocycles. The van der Waals surface area contributed by atoms with Crippen molar-refractivity contribution in [3.63, 3.8) is 0 Å². The lowest BCUT2D eigenvalue weighted by molar-refractivity contribution is 0.102. The average Bonchev–Trinajstić information content (AvgIpc) is 2.69. The first-order valence-electron chi connectivity index (χ1n) is 8.41. The maximum Gasteiger partial charge on any atom is 0.274 e. The number of anilines is 2. The Hall–Kier alpha value is -3.12. The van der Waals surface area contributed by atoms with Gasteiger partial charge in [0, 0.05) is 23.5 Å². The van der Waals surface area contributed by atoms with Crippen LogP contribution in [0.2, 0.25) is 5.02 Å². The lowest BCUT2D eigenvalue weighted by atomic mass is 10.1. The maximum atomic E-state index is 12.4. The van der Waals surface area contributed by atoms with Crippen molar-refractivity contribution in [2.45, 2.75) is 6.42 Å². The highest BCUT2D eigenvalue weighted by Gasteiger charge is 2.09. The Morgan fingerprint density at radius 3 is 2.70 bits per heavy atom. The lowest BCUT2D eigenvalue weighted by Gasteiger charge is -2.08. The molecule has 0 aliphatic carbocycles. The molecule has 2 aromatic carbocycles. The van der Waals surface area contributed by atoms with E-state index in [-0.39, 0.29) is 11.6 Å². The molecule has 6 nitrogen and oxygen atoms in total. The van der Waals surface area contributed by atoms with Crippen LogP contribution in [-0.2, 0) is 6.42 Å². The van der Waals surface area contributed by atoms with E-state index in [4.69, 9.17) is 16.3 Å². The second kappa shape index (κ2) is 9.00. The van der Waals surface area contributed by atoms with E-state index in [9.17, 15) is 4.79 Å². The highest BCUT2D eigenvalue weighted by molar-refractivity contribution is 6.30. The molecule has 0 unspecified atom stereocenters. The van der Waals surface area contributed by atoms with E-state index in [2.05, 4.69) is 20.6 Å². The zero-order valence-electron chi connectivity index (χ0n) is 14.8. The number of halogens is 1. The van der Waals surface area contributed by atoms with Gasteiger partial charge in [0.05, 0.1) is 7.11 Å². The molecule has 0 saturated carbocycles. The van der Waals surface area contributed by atoms with Gasteiger partial charge < -0.3 is 15.4 Å². The van der Waals surface area contributed by atoms with Crippen molar-refractivity contribution >= 4 is 29.1 Å². The summed E-state index contributed by atoms with van der Waals surface area (Å²) in [5.74, 6) is 0.820. The minimum atomic E-state index is -0.305. The van der Waals surface area contributed by atoms with Crippen molar-refractivity contribution < 1.29 is 9.53 Å². The van der Waals surface area contributed by atoms with E-state index in [0.29, 0.717) is 23.2 Å². The average molecular weight is 383 g/mol. The van der Waals surface area contributed by atoms with Crippen LogP contribution in [-0.4, -0.2) is 29.5 Å². The molecule has 3 rings (SSSR count). The normalized spacial score (nSPS) is 10.3. The zero-order chi connectivity index (χ0) is 19.1. The monoisotopic (exact) mass is 382 g/mol. The smallest absolute Gasteiger partial charge is 0.274 e. The number of rotatable bonds is 7. The van der Waals surface area contributed by atoms with E-state index in [1.54, 1.807) is 43.6 Å². The molecule has 0 aliphatic heterocycles. The molecule has 3 aromatic rings. The standard InChI is InChI=1S/C20H19ClN4O2/c1-27-17-7-5-16(6-8-17)24-19(26)18-10-12-23-20(25-18)22-11-9-14-3-2-4-15(21)13-14/h2-8,10,12-13H,9,11H2,1H3,(H,24,26)(H,22,23,25). The summed E-state index contributed by atoms with van der Waals surface area (Å²) in [4.78, 5) is 20.8.